The molecule has 0 saturated carbocycles. The summed E-state index contributed by atoms with van der Waals surface area (Å²) < 4.78 is 80.7. The van der Waals surface area contributed by atoms with E-state index in [0.717, 1.165) is 7.11 Å². The molecule has 15 heteroatoms. The van der Waals surface area contributed by atoms with E-state index in [4.69, 9.17) is 18.6 Å². The standard InChI is InChI=1S/C28H45F3N2O8SSi/c1-8-43(9-2,10-3)41-23(28(29,30)31)17-19-42(37,33-26(36)39-20-21-14-12-11-13-15-21)18-16-22(24(34)38-7)32-25(35)40-27(4,5)6/h11-15,22-23H,8-10,16-20H2,1-7H3,(H,32,35)/t22-,23+,42+/m0/s1. The summed E-state index contributed by atoms with van der Waals surface area (Å²) in [5, 5.41) is 2.32. The van der Waals surface area contributed by atoms with Crippen molar-refractivity contribution in [1.82, 2.24) is 5.32 Å². The summed E-state index contributed by atoms with van der Waals surface area (Å²) in [5.74, 6) is -2.09. The summed E-state index contributed by atoms with van der Waals surface area (Å²) in [6.07, 6.45) is -10.2. The fourth-order valence-electron chi connectivity index (χ4n) is 4.10. The predicted octanol–water partition coefficient (Wildman–Crippen LogP) is 6.59. The van der Waals surface area contributed by atoms with Gasteiger partial charge in [0.15, 0.2) is 8.32 Å². The summed E-state index contributed by atoms with van der Waals surface area (Å²) in [6, 6.07) is 8.60. The number of halogens is 3. The highest BCUT2D eigenvalue weighted by molar-refractivity contribution is 7.93. The lowest BCUT2D eigenvalue weighted by Crippen LogP contribution is -2.46. The molecule has 0 heterocycles. The predicted molar refractivity (Wildman–Crippen MR) is 159 cm³/mol. The van der Waals surface area contributed by atoms with Crippen molar-refractivity contribution >= 4 is 36.2 Å². The smallest absolute Gasteiger partial charge is 0.442 e. The number of carbonyl (C=O) groups is 3. The Morgan fingerprint density at radius 2 is 1.53 bits per heavy atom. The van der Waals surface area contributed by atoms with Gasteiger partial charge in [0.1, 0.15) is 24.4 Å². The molecule has 0 spiro atoms. The van der Waals surface area contributed by atoms with Crippen LogP contribution in [0.3, 0.4) is 0 Å². The Labute approximate surface area is 253 Å². The lowest BCUT2D eigenvalue weighted by Gasteiger charge is -2.34. The Balaban J connectivity index is 3.30. The Morgan fingerprint density at radius 1 is 0.977 bits per heavy atom. The number of methoxy groups -OCH3 is 1. The molecule has 0 aromatic heterocycles. The molecule has 10 nitrogen and oxygen atoms in total. The number of rotatable bonds is 15. The van der Waals surface area contributed by atoms with Crippen LogP contribution in [0.2, 0.25) is 18.1 Å². The summed E-state index contributed by atoms with van der Waals surface area (Å²) in [4.78, 5) is 37.3. The van der Waals surface area contributed by atoms with E-state index in [-0.39, 0.29) is 13.0 Å². The van der Waals surface area contributed by atoms with Crippen molar-refractivity contribution in [1.29, 1.82) is 0 Å². The maximum atomic E-state index is 14.1. The van der Waals surface area contributed by atoms with E-state index < -0.39 is 78.1 Å². The number of amides is 2. The van der Waals surface area contributed by atoms with Crippen LogP contribution in [0.1, 0.15) is 59.9 Å². The Bertz CT molecular complexity index is 1160. The van der Waals surface area contributed by atoms with Gasteiger partial charge in [-0.3, -0.25) is 0 Å². The molecular weight excluding hydrogens is 609 g/mol. The largest absolute Gasteiger partial charge is 0.467 e. The first-order valence-corrected chi connectivity index (χ1v) is 18.5. The topological polar surface area (TPSA) is 130 Å². The van der Waals surface area contributed by atoms with Crippen LogP contribution in [0.15, 0.2) is 34.7 Å². The highest BCUT2D eigenvalue weighted by Crippen LogP contribution is 2.33. The minimum Gasteiger partial charge on any atom is -0.467 e. The van der Waals surface area contributed by atoms with E-state index in [1.807, 2.05) is 0 Å². The maximum absolute atomic E-state index is 14.1. The van der Waals surface area contributed by atoms with E-state index in [1.165, 1.54) is 0 Å². The van der Waals surface area contributed by atoms with Crippen LogP contribution in [-0.2, 0) is 39.8 Å². The minimum absolute atomic E-state index is 0.199. The molecule has 1 aromatic rings. The molecule has 0 bridgehead atoms. The number of alkyl halides is 3. The maximum Gasteiger partial charge on any atom is 0.442 e. The number of carbonyl (C=O) groups excluding carboxylic acids is 3. The van der Waals surface area contributed by atoms with E-state index in [0.29, 0.717) is 23.7 Å². The van der Waals surface area contributed by atoms with Crippen LogP contribution in [0.4, 0.5) is 22.8 Å². The molecule has 246 valence electrons. The van der Waals surface area contributed by atoms with Crippen molar-refractivity contribution in [3.63, 3.8) is 0 Å². The summed E-state index contributed by atoms with van der Waals surface area (Å²) >= 11 is 0. The monoisotopic (exact) mass is 654 g/mol. The normalized spacial score (nSPS) is 15.0. The third kappa shape index (κ3) is 14.1. The Hall–Kier alpha value is -2.65. The van der Waals surface area contributed by atoms with Gasteiger partial charge in [-0.05, 0) is 57.3 Å². The van der Waals surface area contributed by atoms with Gasteiger partial charge in [-0.1, -0.05) is 51.1 Å². The highest BCUT2D eigenvalue weighted by Gasteiger charge is 2.45. The first kappa shape index (κ1) is 38.4. The van der Waals surface area contributed by atoms with E-state index in [9.17, 15) is 31.8 Å². The average Bonchev–Trinajstić information content (AvgIpc) is 2.93. The van der Waals surface area contributed by atoms with Gasteiger partial charge < -0.3 is 24.0 Å². The first-order chi connectivity index (χ1) is 19.9. The molecule has 0 unspecified atom stereocenters. The molecule has 3 atom stereocenters. The number of ether oxygens (including phenoxy) is 3. The fourth-order valence-corrected chi connectivity index (χ4v) is 8.85. The Morgan fingerprint density at radius 3 is 2.02 bits per heavy atom. The van der Waals surface area contributed by atoms with Crippen molar-refractivity contribution in [2.24, 2.45) is 4.36 Å². The second-order valence-corrected chi connectivity index (χ2v) is 18.3. The Kier molecular flexibility index (Phi) is 15.2. The number of nitrogens with one attached hydrogen (secondary N) is 1. The van der Waals surface area contributed by atoms with Gasteiger partial charge in [0.2, 0.25) is 0 Å². The zero-order valence-electron chi connectivity index (χ0n) is 26.0. The van der Waals surface area contributed by atoms with E-state index >= 15 is 0 Å². The van der Waals surface area contributed by atoms with Crippen LogP contribution < -0.4 is 5.32 Å². The molecular formula is C28H45F3N2O8SSi. The average molecular weight is 655 g/mol. The van der Waals surface area contributed by atoms with Gasteiger partial charge in [0.25, 0.3) is 0 Å². The van der Waals surface area contributed by atoms with Gasteiger partial charge in [-0.2, -0.15) is 13.2 Å². The molecule has 1 N–H and O–H groups in total. The molecule has 0 aliphatic heterocycles. The van der Waals surface area contributed by atoms with Crippen LogP contribution in [-0.4, -0.2) is 73.2 Å². The minimum atomic E-state index is -4.75. The SMILES string of the molecule is CC[Si](CC)(CC)O[C@H](CC[S@](=O)(CC[C@H](NC(=O)OC(C)(C)C)C(=O)OC)=NC(=O)OCc1ccccc1)C(F)(F)F. The van der Waals surface area contributed by atoms with Crippen LogP contribution >= 0.6 is 0 Å². The van der Waals surface area contributed by atoms with Gasteiger partial charge >= 0.3 is 24.3 Å². The van der Waals surface area contributed by atoms with Gasteiger partial charge in [-0.15, -0.1) is 4.36 Å². The highest BCUT2D eigenvalue weighted by atomic mass is 32.2. The van der Waals surface area contributed by atoms with Crippen molar-refractivity contribution < 1.29 is 50.4 Å². The van der Waals surface area contributed by atoms with Gasteiger partial charge in [0, 0.05) is 11.5 Å². The third-order valence-electron chi connectivity index (χ3n) is 6.74. The third-order valence-corrected chi connectivity index (χ3v) is 13.6. The van der Waals surface area contributed by atoms with E-state index in [1.54, 1.807) is 71.9 Å². The lowest BCUT2D eigenvalue weighted by molar-refractivity contribution is -0.198. The molecule has 43 heavy (non-hydrogen) atoms. The van der Waals surface area contributed by atoms with Crippen LogP contribution in [0.5, 0.6) is 0 Å². The number of hydrogen-bond donors (Lipinski definition) is 1. The van der Waals surface area contributed by atoms with Crippen molar-refractivity contribution in [3.05, 3.63) is 35.9 Å². The number of alkyl carbamates (subject to hydrolysis) is 1. The first-order valence-electron chi connectivity index (χ1n) is 14.2. The fraction of sp³-hybridized carbons (Fsp3) is 0.679. The molecule has 0 aliphatic carbocycles. The second kappa shape index (κ2) is 17.0. The van der Waals surface area contributed by atoms with Crippen molar-refractivity contribution in [3.8, 4) is 0 Å². The molecule has 0 fully saturated rings. The summed E-state index contributed by atoms with van der Waals surface area (Å²) in [5.41, 5.74) is -0.271. The van der Waals surface area contributed by atoms with Gasteiger partial charge in [-0.25, -0.2) is 18.6 Å². The quantitative estimate of drug-likeness (QED) is 0.127. The number of hydrogen-bond acceptors (Lipinski definition) is 8. The van der Waals surface area contributed by atoms with Crippen molar-refractivity contribution in [2.45, 2.75) is 103 Å². The van der Waals surface area contributed by atoms with E-state index in [2.05, 4.69) is 9.68 Å². The molecule has 2 amide bonds. The number of benzene rings is 1. The van der Waals surface area contributed by atoms with Crippen molar-refractivity contribution in [2.75, 3.05) is 18.6 Å². The number of nitrogens with zero attached hydrogens (tertiary/aromatic N) is 1. The summed E-state index contributed by atoms with van der Waals surface area (Å²) in [6.45, 7) is 10.0. The molecule has 0 aliphatic rings. The molecule has 0 radical (unpaired) electrons. The molecule has 1 aromatic carbocycles. The second-order valence-electron chi connectivity index (χ2n) is 11.0. The lowest BCUT2D eigenvalue weighted by atomic mass is 10.2. The summed E-state index contributed by atoms with van der Waals surface area (Å²) in [7, 11) is -5.39. The van der Waals surface area contributed by atoms with Crippen LogP contribution in [0.25, 0.3) is 0 Å². The number of esters is 1. The van der Waals surface area contributed by atoms with Gasteiger partial charge in [0.05, 0.1) is 16.8 Å². The zero-order chi connectivity index (χ0) is 32.9. The zero-order valence-corrected chi connectivity index (χ0v) is 27.8. The van der Waals surface area contributed by atoms with Crippen LogP contribution in [0, 0.1) is 0 Å². The molecule has 1 rings (SSSR count). The molecule has 0 saturated heterocycles.